The van der Waals surface area contributed by atoms with Gasteiger partial charge in [0.15, 0.2) is 5.69 Å². The van der Waals surface area contributed by atoms with Crippen LogP contribution in [0.3, 0.4) is 0 Å². The van der Waals surface area contributed by atoms with Crippen molar-refractivity contribution in [1.29, 1.82) is 0 Å². The Balaban J connectivity index is 2.07. The second-order valence-corrected chi connectivity index (χ2v) is 5.96. The highest BCUT2D eigenvalue weighted by molar-refractivity contribution is 5.88. The third-order valence-corrected chi connectivity index (χ3v) is 4.16. The molecule has 25 heavy (non-hydrogen) atoms. The van der Waals surface area contributed by atoms with Gasteiger partial charge in [0.25, 0.3) is 0 Å². The Morgan fingerprint density at radius 2 is 1.88 bits per heavy atom. The topological polar surface area (TPSA) is 44.1 Å². The SMILES string of the molecule is COC(=O)c1cc(-c2ccccc2C)n(Cc2ccc(C)c(F)c2)n1. The number of hydrogen-bond donors (Lipinski definition) is 0. The van der Waals surface area contributed by atoms with Crippen molar-refractivity contribution in [2.75, 3.05) is 7.11 Å². The standard InChI is InChI=1S/C20H19FN2O2/c1-13-6-4-5-7-16(13)19-11-18(20(24)25-3)22-23(19)12-15-9-8-14(2)17(21)10-15/h4-11H,12H2,1-3H3. The Morgan fingerprint density at radius 3 is 2.56 bits per heavy atom. The monoisotopic (exact) mass is 338 g/mol. The Bertz CT molecular complexity index is 931. The number of carbonyl (C=O) groups excluding carboxylic acids is 1. The molecule has 0 N–H and O–H groups in total. The first-order chi connectivity index (χ1) is 12.0. The van der Waals surface area contributed by atoms with E-state index in [0.717, 1.165) is 22.4 Å². The summed E-state index contributed by atoms with van der Waals surface area (Å²) in [6.45, 7) is 4.08. The van der Waals surface area contributed by atoms with Gasteiger partial charge < -0.3 is 4.74 Å². The minimum atomic E-state index is -0.497. The van der Waals surface area contributed by atoms with Crippen molar-refractivity contribution in [3.05, 3.63) is 76.7 Å². The lowest BCUT2D eigenvalue weighted by Gasteiger charge is -2.10. The molecule has 2 aromatic carbocycles. The van der Waals surface area contributed by atoms with Crippen LogP contribution in [-0.4, -0.2) is 22.9 Å². The predicted octanol–water partition coefficient (Wildman–Crippen LogP) is 4.14. The summed E-state index contributed by atoms with van der Waals surface area (Å²) in [4.78, 5) is 11.9. The minimum Gasteiger partial charge on any atom is -0.464 e. The lowest BCUT2D eigenvalue weighted by molar-refractivity contribution is 0.0593. The molecule has 1 aromatic heterocycles. The van der Waals surface area contributed by atoms with E-state index in [-0.39, 0.29) is 11.5 Å². The number of halogens is 1. The fraction of sp³-hybridized carbons (Fsp3) is 0.200. The van der Waals surface area contributed by atoms with E-state index in [1.807, 2.05) is 37.3 Å². The van der Waals surface area contributed by atoms with Crippen LogP contribution in [0, 0.1) is 19.7 Å². The number of benzene rings is 2. The molecule has 0 amide bonds. The van der Waals surface area contributed by atoms with Crippen LogP contribution in [0.25, 0.3) is 11.3 Å². The summed E-state index contributed by atoms with van der Waals surface area (Å²) in [6, 6.07) is 14.7. The molecule has 0 aliphatic rings. The summed E-state index contributed by atoms with van der Waals surface area (Å²) in [5, 5.41) is 4.37. The molecule has 0 aliphatic carbocycles. The summed E-state index contributed by atoms with van der Waals surface area (Å²) in [5.41, 5.74) is 4.43. The average Bonchev–Trinajstić information content (AvgIpc) is 3.01. The highest BCUT2D eigenvalue weighted by Crippen LogP contribution is 2.25. The van der Waals surface area contributed by atoms with Crippen molar-refractivity contribution in [3.8, 4) is 11.3 Å². The molecule has 0 bridgehead atoms. The molecule has 3 aromatic rings. The number of ether oxygens (including phenoxy) is 1. The lowest BCUT2D eigenvalue weighted by atomic mass is 10.1. The van der Waals surface area contributed by atoms with Crippen molar-refractivity contribution >= 4 is 5.97 Å². The van der Waals surface area contributed by atoms with E-state index < -0.39 is 5.97 Å². The molecule has 0 spiro atoms. The van der Waals surface area contributed by atoms with E-state index in [1.54, 1.807) is 23.7 Å². The summed E-state index contributed by atoms with van der Waals surface area (Å²) >= 11 is 0. The molecule has 0 radical (unpaired) electrons. The van der Waals surface area contributed by atoms with Crippen molar-refractivity contribution in [1.82, 2.24) is 9.78 Å². The number of rotatable bonds is 4. The normalized spacial score (nSPS) is 10.7. The van der Waals surface area contributed by atoms with Crippen LogP contribution in [0.4, 0.5) is 4.39 Å². The van der Waals surface area contributed by atoms with E-state index in [4.69, 9.17) is 4.74 Å². The molecular formula is C20H19FN2O2. The highest BCUT2D eigenvalue weighted by atomic mass is 19.1. The summed E-state index contributed by atoms with van der Waals surface area (Å²) in [6.07, 6.45) is 0. The molecule has 3 rings (SSSR count). The zero-order valence-electron chi connectivity index (χ0n) is 14.4. The smallest absolute Gasteiger partial charge is 0.358 e. The largest absolute Gasteiger partial charge is 0.464 e. The molecule has 5 heteroatoms. The van der Waals surface area contributed by atoms with E-state index in [9.17, 15) is 9.18 Å². The fourth-order valence-electron chi connectivity index (χ4n) is 2.73. The van der Waals surface area contributed by atoms with Gasteiger partial charge in [0, 0.05) is 5.56 Å². The lowest BCUT2D eigenvalue weighted by Crippen LogP contribution is -2.07. The first-order valence-electron chi connectivity index (χ1n) is 7.97. The second kappa shape index (κ2) is 6.89. The Labute approximate surface area is 145 Å². The van der Waals surface area contributed by atoms with Crippen molar-refractivity contribution in [2.45, 2.75) is 20.4 Å². The van der Waals surface area contributed by atoms with Gasteiger partial charge in [-0.2, -0.15) is 5.10 Å². The number of aromatic nitrogens is 2. The Kier molecular flexibility index (Phi) is 4.65. The fourth-order valence-corrected chi connectivity index (χ4v) is 2.73. The first-order valence-corrected chi connectivity index (χ1v) is 7.97. The maximum atomic E-state index is 13.9. The van der Waals surface area contributed by atoms with Gasteiger partial charge in [0.05, 0.1) is 19.3 Å². The van der Waals surface area contributed by atoms with Gasteiger partial charge in [0.2, 0.25) is 0 Å². The van der Waals surface area contributed by atoms with E-state index in [0.29, 0.717) is 12.1 Å². The number of aryl methyl sites for hydroxylation is 2. The second-order valence-electron chi connectivity index (χ2n) is 5.96. The summed E-state index contributed by atoms with van der Waals surface area (Å²) in [7, 11) is 1.32. The molecule has 0 aliphatic heterocycles. The van der Waals surface area contributed by atoms with Gasteiger partial charge in [-0.25, -0.2) is 9.18 Å². The minimum absolute atomic E-state index is 0.230. The number of hydrogen-bond acceptors (Lipinski definition) is 3. The van der Waals surface area contributed by atoms with Crippen molar-refractivity contribution in [3.63, 3.8) is 0 Å². The molecular weight excluding hydrogens is 319 g/mol. The van der Waals surface area contributed by atoms with Crippen LogP contribution in [0.15, 0.2) is 48.5 Å². The van der Waals surface area contributed by atoms with Crippen LogP contribution in [0.1, 0.15) is 27.2 Å². The number of esters is 1. The van der Waals surface area contributed by atoms with E-state index in [2.05, 4.69) is 5.10 Å². The number of methoxy groups -OCH3 is 1. The third-order valence-electron chi connectivity index (χ3n) is 4.16. The van der Waals surface area contributed by atoms with Crippen LogP contribution < -0.4 is 0 Å². The van der Waals surface area contributed by atoms with Gasteiger partial charge >= 0.3 is 5.97 Å². The molecule has 0 fully saturated rings. The van der Waals surface area contributed by atoms with Gasteiger partial charge in [-0.05, 0) is 42.7 Å². The first kappa shape index (κ1) is 16.9. The highest BCUT2D eigenvalue weighted by Gasteiger charge is 2.17. The molecule has 4 nitrogen and oxygen atoms in total. The van der Waals surface area contributed by atoms with E-state index in [1.165, 1.54) is 13.2 Å². The molecule has 0 atom stereocenters. The van der Waals surface area contributed by atoms with Crippen LogP contribution in [0.2, 0.25) is 0 Å². The van der Waals surface area contributed by atoms with Crippen molar-refractivity contribution in [2.24, 2.45) is 0 Å². The maximum Gasteiger partial charge on any atom is 0.358 e. The van der Waals surface area contributed by atoms with Crippen molar-refractivity contribution < 1.29 is 13.9 Å². The van der Waals surface area contributed by atoms with E-state index >= 15 is 0 Å². The van der Waals surface area contributed by atoms with Crippen LogP contribution in [0.5, 0.6) is 0 Å². The number of nitrogens with zero attached hydrogens (tertiary/aromatic N) is 2. The third kappa shape index (κ3) is 3.45. The predicted molar refractivity (Wildman–Crippen MR) is 94.0 cm³/mol. The Hall–Kier alpha value is -2.95. The number of carbonyl (C=O) groups is 1. The quantitative estimate of drug-likeness (QED) is 0.672. The maximum absolute atomic E-state index is 13.9. The van der Waals surface area contributed by atoms with Gasteiger partial charge in [-0.1, -0.05) is 36.4 Å². The zero-order valence-corrected chi connectivity index (χ0v) is 14.4. The summed E-state index contributed by atoms with van der Waals surface area (Å²) in [5.74, 6) is -0.751. The summed E-state index contributed by atoms with van der Waals surface area (Å²) < 4.78 is 20.3. The van der Waals surface area contributed by atoms with Crippen LogP contribution >= 0.6 is 0 Å². The average molecular weight is 338 g/mol. The molecule has 0 unspecified atom stereocenters. The van der Waals surface area contributed by atoms with Gasteiger partial charge in [0.1, 0.15) is 5.82 Å². The van der Waals surface area contributed by atoms with Gasteiger partial charge in [-0.3, -0.25) is 4.68 Å². The molecule has 1 heterocycles. The van der Waals surface area contributed by atoms with Crippen LogP contribution in [-0.2, 0) is 11.3 Å². The molecule has 0 saturated heterocycles. The molecule has 128 valence electrons. The zero-order chi connectivity index (χ0) is 18.0. The van der Waals surface area contributed by atoms with Gasteiger partial charge in [-0.15, -0.1) is 0 Å². The Morgan fingerprint density at radius 1 is 1.12 bits per heavy atom. The molecule has 0 saturated carbocycles.